The van der Waals surface area contributed by atoms with Crippen molar-refractivity contribution in [2.75, 3.05) is 6.54 Å². The minimum Gasteiger partial charge on any atom is -0.305 e. The number of hydrogen-bond donors (Lipinski definition) is 1. The number of nitrogens with zero attached hydrogens (tertiary/aromatic N) is 2. The highest BCUT2D eigenvalue weighted by Gasteiger charge is 2.23. The minimum absolute atomic E-state index is 0.199. The highest BCUT2D eigenvalue weighted by Crippen LogP contribution is 2.31. The Kier molecular flexibility index (Phi) is 5.94. The van der Waals surface area contributed by atoms with Gasteiger partial charge in [0, 0.05) is 22.8 Å². The molecular weight excluding hydrogens is 333 g/mol. The highest BCUT2D eigenvalue weighted by atomic mass is 79.9. The largest absolute Gasteiger partial charge is 0.305 e. The van der Waals surface area contributed by atoms with Crippen LogP contribution in [0.1, 0.15) is 44.0 Å². The Labute approximate surface area is 133 Å². The zero-order valence-electron chi connectivity index (χ0n) is 12.4. The Morgan fingerprint density at radius 2 is 2.10 bits per heavy atom. The summed E-state index contributed by atoms with van der Waals surface area (Å²) in [6.45, 7) is 5.87. The Morgan fingerprint density at radius 3 is 2.76 bits per heavy atom. The van der Waals surface area contributed by atoms with Gasteiger partial charge in [-0.3, -0.25) is 4.68 Å². The van der Waals surface area contributed by atoms with Gasteiger partial charge in [-0.15, -0.1) is 0 Å². The molecule has 3 nitrogen and oxygen atoms in total. The van der Waals surface area contributed by atoms with Gasteiger partial charge in [0.2, 0.25) is 0 Å². The maximum Gasteiger partial charge on any atom is 0.129 e. The maximum atomic E-state index is 14.3. The summed E-state index contributed by atoms with van der Waals surface area (Å²) in [5.74, 6) is -0.206. The normalized spacial score (nSPS) is 12.6. The third-order valence-electron chi connectivity index (χ3n) is 3.37. The number of aromatic nitrogens is 2. The molecule has 5 heteroatoms. The van der Waals surface area contributed by atoms with E-state index in [0.29, 0.717) is 5.56 Å². The predicted molar refractivity (Wildman–Crippen MR) is 86.8 cm³/mol. The van der Waals surface area contributed by atoms with Crippen LogP contribution in [0.2, 0.25) is 0 Å². The van der Waals surface area contributed by atoms with Crippen molar-refractivity contribution in [3.05, 3.63) is 52.0 Å². The first-order chi connectivity index (χ1) is 10.2. The fraction of sp³-hybridized carbons (Fsp3) is 0.438. The van der Waals surface area contributed by atoms with Crippen LogP contribution in [0.25, 0.3) is 0 Å². The molecule has 0 aliphatic carbocycles. The van der Waals surface area contributed by atoms with Crippen LogP contribution in [0.5, 0.6) is 0 Å². The lowest BCUT2D eigenvalue weighted by molar-refractivity contribution is 0.492. The number of nitrogens with one attached hydrogen (secondary N) is 1. The first-order valence-electron chi connectivity index (χ1n) is 7.38. The third-order valence-corrected chi connectivity index (χ3v) is 4.06. The summed E-state index contributed by atoms with van der Waals surface area (Å²) in [5.41, 5.74) is 1.64. The summed E-state index contributed by atoms with van der Waals surface area (Å²) in [4.78, 5) is 0. The minimum atomic E-state index is -0.206. The molecule has 1 unspecified atom stereocenters. The fourth-order valence-corrected chi connectivity index (χ4v) is 2.99. The van der Waals surface area contributed by atoms with Crippen molar-refractivity contribution in [3.63, 3.8) is 0 Å². The number of benzene rings is 1. The van der Waals surface area contributed by atoms with E-state index >= 15 is 0 Å². The lowest BCUT2D eigenvalue weighted by atomic mass is 10.0. The van der Waals surface area contributed by atoms with Crippen LogP contribution in [0.4, 0.5) is 4.39 Å². The van der Waals surface area contributed by atoms with Crippen molar-refractivity contribution in [2.45, 2.75) is 39.3 Å². The summed E-state index contributed by atoms with van der Waals surface area (Å²) in [6.07, 6.45) is 3.76. The van der Waals surface area contributed by atoms with Crippen LogP contribution < -0.4 is 5.32 Å². The Balaban J connectivity index is 2.45. The van der Waals surface area contributed by atoms with Crippen LogP contribution in [0.15, 0.2) is 34.9 Å². The summed E-state index contributed by atoms with van der Waals surface area (Å²) in [7, 11) is 0. The molecule has 1 heterocycles. The molecule has 0 fully saturated rings. The monoisotopic (exact) mass is 353 g/mol. The predicted octanol–water partition coefficient (Wildman–Crippen LogP) is 4.28. The van der Waals surface area contributed by atoms with Gasteiger partial charge in [-0.25, -0.2) is 4.39 Å². The molecule has 0 saturated carbocycles. The molecule has 0 saturated heterocycles. The van der Waals surface area contributed by atoms with Crippen LogP contribution in [0, 0.1) is 5.82 Å². The van der Waals surface area contributed by atoms with Crippen LogP contribution in [-0.2, 0) is 6.54 Å². The molecule has 114 valence electrons. The van der Waals surface area contributed by atoms with E-state index in [1.54, 1.807) is 12.3 Å². The van der Waals surface area contributed by atoms with E-state index in [2.05, 4.69) is 40.2 Å². The van der Waals surface area contributed by atoms with Crippen molar-refractivity contribution >= 4 is 15.9 Å². The van der Waals surface area contributed by atoms with E-state index in [4.69, 9.17) is 0 Å². The number of halogens is 2. The van der Waals surface area contributed by atoms with Crippen LogP contribution >= 0.6 is 15.9 Å². The lowest BCUT2D eigenvalue weighted by Gasteiger charge is -2.22. The number of rotatable bonds is 7. The molecule has 0 aliphatic heterocycles. The molecule has 0 bridgehead atoms. The third kappa shape index (κ3) is 3.71. The van der Waals surface area contributed by atoms with Crippen molar-refractivity contribution in [2.24, 2.45) is 0 Å². The van der Waals surface area contributed by atoms with Gasteiger partial charge in [0.1, 0.15) is 5.82 Å². The molecule has 0 radical (unpaired) electrons. The van der Waals surface area contributed by atoms with E-state index < -0.39 is 0 Å². The van der Waals surface area contributed by atoms with Gasteiger partial charge in [-0.05, 0) is 37.6 Å². The first-order valence-corrected chi connectivity index (χ1v) is 8.17. The molecule has 1 aromatic carbocycles. The molecule has 1 aromatic heterocycles. The molecule has 2 rings (SSSR count). The Morgan fingerprint density at radius 1 is 1.29 bits per heavy atom. The SMILES string of the molecule is CCCNC(c1c(F)cccc1Br)c1ccnn1CCC. The van der Waals surface area contributed by atoms with Gasteiger partial charge >= 0.3 is 0 Å². The fourth-order valence-electron chi connectivity index (χ4n) is 2.42. The maximum absolute atomic E-state index is 14.3. The highest BCUT2D eigenvalue weighted by molar-refractivity contribution is 9.10. The number of aryl methyl sites for hydroxylation is 1. The second kappa shape index (κ2) is 7.71. The molecule has 2 aromatic rings. The average Bonchev–Trinajstić information content (AvgIpc) is 2.90. The van der Waals surface area contributed by atoms with Crippen molar-refractivity contribution in [3.8, 4) is 0 Å². The van der Waals surface area contributed by atoms with E-state index in [0.717, 1.165) is 36.1 Å². The summed E-state index contributed by atoms with van der Waals surface area (Å²) >= 11 is 3.48. The van der Waals surface area contributed by atoms with Crippen LogP contribution in [0.3, 0.4) is 0 Å². The van der Waals surface area contributed by atoms with Gasteiger partial charge in [-0.2, -0.15) is 5.10 Å². The molecule has 0 aliphatic rings. The van der Waals surface area contributed by atoms with E-state index in [-0.39, 0.29) is 11.9 Å². The lowest BCUT2D eigenvalue weighted by Crippen LogP contribution is -2.27. The second-order valence-corrected chi connectivity index (χ2v) is 5.86. The molecular formula is C16H21BrFN3. The Hall–Kier alpha value is -1.20. The van der Waals surface area contributed by atoms with E-state index in [1.807, 2.05) is 16.8 Å². The summed E-state index contributed by atoms with van der Waals surface area (Å²) < 4.78 is 17.1. The van der Waals surface area contributed by atoms with Gasteiger partial charge in [0.15, 0.2) is 0 Å². The standard InChI is InChI=1S/C16H21BrFN3/c1-3-9-19-16(14-8-10-20-21(14)11-4-2)15-12(17)6-5-7-13(15)18/h5-8,10,16,19H,3-4,9,11H2,1-2H3. The first kappa shape index (κ1) is 16.2. The molecule has 0 spiro atoms. The summed E-state index contributed by atoms with van der Waals surface area (Å²) in [5, 5.41) is 7.80. The van der Waals surface area contributed by atoms with Crippen molar-refractivity contribution < 1.29 is 4.39 Å². The summed E-state index contributed by atoms with van der Waals surface area (Å²) in [6, 6.07) is 6.85. The van der Waals surface area contributed by atoms with Crippen molar-refractivity contribution in [1.82, 2.24) is 15.1 Å². The number of hydrogen-bond acceptors (Lipinski definition) is 2. The molecule has 0 amide bonds. The second-order valence-electron chi connectivity index (χ2n) is 5.00. The quantitative estimate of drug-likeness (QED) is 0.804. The zero-order valence-corrected chi connectivity index (χ0v) is 14.0. The zero-order chi connectivity index (χ0) is 15.2. The van der Waals surface area contributed by atoms with Crippen molar-refractivity contribution in [1.29, 1.82) is 0 Å². The molecule has 1 atom stereocenters. The Bertz CT molecular complexity index is 562. The topological polar surface area (TPSA) is 29.9 Å². The smallest absolute Gasteiger partial charge is 0.129 e. The molecule has 21 heavy (non-hydrogen) atoms. The van der Waals surface area contributed by atoms with Crippen LogP contribution in [-0.4, -0.2) is 16.3 Å². The van der Waals surface area contributed by atoms with Gasteiger partial charge < -0.3 is 5.32 Å². The van der Waals surface area contributed by atoms with E-state index in [9.17, 15) is 4.39 Å². The van der Waals surface area contributed by atoms with E-state index in [1.165, 1.54) is 6.07 Å². The van der Waals surface area contributed by atoms with Gasteiger partial charge in [0.25, 0.3) is 0 Å². The average molecular weight is 354 g/mol. The molecule has 1 N–H and O–H groups in total. The van der Waals surface area contributed by atoms with Gasteiger partial charge in [-0.1, -0.05) is 35.8 Å². The van der Waals surface area contributed by atoms with Gasteiger partial charge in [0.05, 0.1) is 11.7 Å².